The Morgan fingerprint density at radius 3 is 2.70 bits per heavy atom. The third-order valence-corrected chi connectivity index (χ3v) is 3.54. The first kappa shape index (κ1) is 17.2. The molecule has 8 nitrogen and oxygen atoms in total. The number of rotatable bonds is 6. The van der Waals surface area contributed by atoms with Gasteiger partial charge in [0.1, 0.15) is 6.04 Å². The molecule has 9 heteroatoms. The highest BCUT2D eigenvalue weighted by Crippen LogP contribution is 2.29. The fourth-order valence-corrected chi connectivity index (χ4v) is 2.56. The number of primary amides is 1. The van der Waals surface area contributed by atoms with Crippen LogP contribution in [0.25, 0.3) is 0 Å². The van der Waals surface area contributed by atoms with Crippen LogP contribution in [0.1, 0.15) is 20.8 Å². The van der Waals surface area contributed by atoms with E-state index in [-0.39, 0.29) is 19.1 Å². The molecule has 1 saturated heterocycles. The van der Waals surface area contributed by atoms with Gasteiger partial charge in [-0.25, -0.2) is 18.8 Å². The number of esters is 1. The van der Waals surface area contributed by atoms with E-state index in [0.29, 0.717) is 5.57 Å². The lowest BCUT2D eigenvalue weighted by Crippen LogP contribution is -2.48. The summed E-state index contributed by atoms with van der Waals surface area (Å²) in [6, 6.07) is -2.20. The Bertz CT molecular complexity index is 551. The number of hydroxylamine groups is 2. The van der Waals surface area contributed by atoms with Crippen LogP contribution in [0, 0.1) is 5.92 Å². The third-order valence-electron chi connectivity index (χ3n) is 3.54. The summed E-state index contributed by atoms with van der Waals surface area (Å²) >= 11 is 0. The number of nitrogens with two attached hydrogens (primary N) is 1. The molecule has 3 amide bonds. The molecular formula is C14H20FN3O5. The first-order valence-corrected chi connectivity index (χ1v) is 7.27. The van der Waals surface area contributed by atoms with Crippen molar-refractivity contribution in [2.24, 2.45) is 11.7 Å². The number of alkyl halides is 1. The van der Waals surface area contributed by atoms with Gasteiger partial charge in [0.05, 0.1) is 19.2 Å². The number of fused-ring (bicyclic) bond motifs is 2. The standard InChI is InChI=1S/C14H20FN3O5/c1-7(2)6-22-13(20)11(15)23-18-9-4-8(3)10(12(16)19)17(5-9)14(18)21/h4,7,9-11H,5-6H2,1-3H3,(H2,16,19)/t9-,10+,11+/m1/s1. The highest BCUT2D eigenvalue weighted by molar-refractivity contribution is 5.90. The van der Waals surface area contributed by atoms with Crippen molar-refractivity contribution in [3.63, 3.8) is 0 Å². The summed E-state index contributed by atoms with van der Waals surface area (Å²) in [5, 5.41) is 0.744. The second-order valence-electron chi connectivity index (χ2n) is 5.99. The number of hydrogen-bond donors (Lipinski definition) is 1. The van der Waals surface area contributed by atoms with Gasteiger partial charge in [0.25, 0.3) is 0 Å². The maximum absolute atomic E-state index is 13.9. The largest absolute Gasteiger partial charge is 0.461 e. The first-order chi connectivity index (χ1) is 10.7. The molecule has 0 aliphatic carbocycles. The summed E-state index contributed by atoms with van der Waals surface area (Å²) in [6.45, 7) is 5.44. The summed E-state index contributed by atoms with van der Waals surface area (Å²) < 4.78 is 18.6. The predicted molar refractivity (Wildman–Crippen MR) is 76.2 cm³/mol. The lowest BCUT2D eigenvalue weighted by molar-refractivity contribution is -0.223. The summed E-state index contributed by atoms with van der Waals surface area (Å²) in [6.07, 6.45) is -0.817. The van der Waals surface area contributed by atoms with Crippen LogP contribution < -0.4 is 5.73 Å². The molecule has 128 valence electrons. The molecule has 2 aliphatic heterocycles. The van der Waals surface area contributed by atoms with Gasteiger partial charge in [-0.15, -0.1) is 0 Å². The van der Waals surface area contributed by atoms with Gasteiger partial charge >= 0.3 is 18.4 Å². The minimum absolute atomic E-state index is 0.0480. The van der Waals surface area contributed by atoms with Gasteiger partial charge in [0.2, 0.25) is 5.91 Å². The average molecular weight is 329 g/mol. The summed E-state index contributed by atoms with van der Waals surface area (Å²) in [5.74, 6) is -1.83. The van der Waals surface area contributed by atoms with E-state index in [1.165, 1.54) is 4.90 Å². The van der Waals surface area contributed by atoms with Crippen molar-refractivity contribution in [2.75, 3.05) is 13.2 Å². The van der Waals surface area contributed by atoms with E-state index in [1.807, 2.05) is 0 Å². The number of amides is 3. The summed E-state index contributed by atoms with van der Waals surface area (Å²) in [4.78, 5) is 41.2. The molecular weight excluding hydrogens is 309 g/mol. The number of carbonyl (C=O) groups is 3. The minimum atomic E-state index is -2.42. The normalized spacial score (nSPS) is 24.7. The minimum Gasteiger partial charge on any atom is -0.461 e. The second kappa shape index (κ2) is 6.53. The Hall–Kier alpha value is -2.16. The van der Waals surface area contributed by atoms with Crippen molar-refractivity contribution in [3.05, 3.63) is 11.6 Å². The van der Waals surface area contributed by atoms with Crippen LogP contribution in [0.3, 0.4) is 0 Å². The maximum atomic E-state index is 13.9. The van der Waals surface area contributed by atoms with Gasteiger partial charge in [0.15, 0.2) is 0 Å². The molecule has 0 unspecified atom stereocenters. The summed E-state index contributed by atoms with van der Waals surface area (Å²) in [5.41, 5.74) is 5.86. The molecule has 3 atom stereocenters. The van der Waals surface area contributed by atoms with Crippen molar-refractivity contribution in [3.8, 4) is 0 Å². The first-order valence-electron chi connectivity index (χ1n) is 7.27. The van der Waals surface area contributed by atoms with Crippen LogP contribution in [0.5, 0.6) is 0 Å². The van der Waals surface area contributed by atoms with E-state index in [9.17, 15) is 18.8 Å². The fraction of sp³-hybridized carbons (Fsp3) is 0.643. The second-order valence-corrected chi connectivity index (χ2v) is 5.99. The smallest absolute Gasteiger partial charge is 0.371 e. The van der Waals surface area contributed by atoms with Crippen LogP contribution in [0.2, 0.25) is 0 Å². The maximum Gasteiger partial charge on any atom is 0.371 e. The van der Waals surface area contributed by atoms with Gasteiger partial charge < -0.3 is 15.4 Å². The number of nitrogens with zero attached hydrogens (tertiary/aromatic N) is 2. The Kier molecular flexibility index (Phi) is 4.88. The molecule has 2 aliphatic rings. The average Bonchev–Trinajstić information content (AvgIpc) is 2.69. The van der Waals surface area contributed by atoms with Crippen LogP contribution in [-0.2, 0) is 19.2 Å². The third kappa shape index (κ3) is 3.44. The van der Waals surface area contributed by atoms with Gasteiger partial charge in [-0.3, -0.25) is 4.79 Å². The molecule has 1 fully saturated rings. The lowest BCUT2D eigenvalue weighted by atomic mass is 10.0. The number of hydrogen-bond acceptors (Lipinski definition) is 5. The van der Waals surface area contributed by atoms with Crippen molar-refractivity contribution in [2.45, 2.75) is 39.2 Å². The quantitative estimate of drug-likeness (QED) is 0.559. The number of urea groups is 1. The van der Waals surface area contributed by atoms with E-state index in [0.717, 1.165) is 5.06 Å². The van der Waals surface area contributed by atoms with Crippen LogP contribution in [0.15, 0.2) is 11.6 Å². The van der Waals surface area contributed by atoms with Gasteiger partial charge in [-0.1, -0.05) is 19.9 Å². The molecule has 0 saturated carbocycles. The molecule has 2 heterocycles. The Labute approximate surface area is 132 Å². The molecule has 0 spiro atoms. The number of ether oxygens (including phenoxy) is 1. The van der Waals surface area contributed by atoms with Gasteiger partial charge in [0, 0.05) is 0 Å². The molecule has 0 radical (unpaired) electrons. The van der Waals surface area contributed by atoms with Gasteiger partial charge in [-0.2, -0.15) is 5.06 Å². The molecule has 2 bridgehead atoms. The Morgan fingerprint density at radius 2 is 2.13 bits per heavy atom. The Morgan fingerprint density at radius 1 is 1.48 bits per heavy atom. The van der Waals surface area contributed by atoms with Crippen molar-refractivity contribution < 1.29 is 28.3 Å². The SMILES string of the molecule is CC1=C[C@@H]2CN(C(=O)N2O[C@H](F)C(=O)OCC(C)C)[C@@H]1C(N)=O. The monoisotopic (exact) mass is 329 g/mol. The van der Waals surface area contributed by atoms with Crippen LogP contribution in [0.4, 0.5) is 9.18 Å². The zero-order valence-electron chi connectivity index (χ0n) is 13.2. The van der Waals surface area contributed by atoms with Crippen molar-refractivity contribution in [1.29, 1.82) is 0 Å². The fourth-order valence-electron chi connectivity index (χ4n) is 2.56. The van der Waals surface area contributed by atoms with E-state index >= 15 is 0 Å². The molecule has 0 aromatic heterocycles. The van der Waals surface area contributed by atoms with Gasteiger partial charge in [-0.05, 0) is 18.4 Å². The number of halogens is 1. The van der Waals surface area contributed by atoms with Crippen molar-refractivity contribution in [1.82, 2.24) is 9.96 Å². The lowest BCUT2D eigenvalue weighted by Gasteiger charge is -2.27. The zero-order chi connectivity index (χ0) is 17.3. The summed E-state index contributed by atoms with van der Waals surface area (Å²) in [7, 11) is 0. The molecule has 0 aromatic carbocycles. The van der Waals surface area contributed by atoms with E-state index < -0.39 is 36.3 Å². The molecule has 2 rings (SSSR count). The van der Waals surface area contributed by atoms with Crippen LogP contribution in [-0.4, -0.2) is 59.5 Å². The topological polar surface area (TPSA) is 102 Å². The highest BCUT2D eigenvalue weighted by atomic mass is 19.1. The predicted octanol–water partition coefficient (Wildman–Crippen LogP) is 0.333. The molecule has 2 N–H and O–H groups in total. The Balaban J connectivity index is 2.04. The highest BCUT2D eigenvalue weighted by Gasteiger charge is 2.48. The van der Waals surface area contributed by atoms with E-state index in [1.54, 1.807) is 26.8 Å². The van der Waals surface area contributed by atoms with Crippen LogP contribution >= 0.6 is 0 Å². The van der Waals surface area contributed by atoms with E-state index in [4.69, 9.17) is 15.3 Å². The van der Waals surface area contributed by atoms with E-state index in [2.05, 4.69) is 0 Å². The molecule has 23 heavy (non-hydrogen) atoms. The zero-order valence-corrected chi connectivity index (χ0v) is 13.2. The molecule has 0 aromatic rings. The van der Waals surface area contributed by atoms with Crippen molar-refractivity contribution >= 4 is 17.9 Å². The number of carbonyl (C=O) groups excluding carboxylic acids is 3.